The van der Waals surface area contributed by atoms with Crippen molar-refractivity contribution in [3.05, 3.63) is 36.1 Å². The first kappa shape index (κ1) is 40.2. The largest absolute Gasteiger partial charge is 0.481 e. The number of oxazole rings is 1. The molecule has 2 fully saturated rings. The number of ether oxygens (including phenoxy) is 5. The van der Waals surface area contributed by atoms with Crippen molar-refractivity contribution in [3.8, 4) is 0 Å². The molecule has 3 heterocycles. The number of esters is 1. The van der Waals surface area contributed by atoms with Gasteiger partial charge in [-0.1, -0.05) is 38.3 Å². The zero-order valence-electron chi connectivity index (χ0n) is 29.3. The number of rotatable bonds is 21. The monoisotopic (exact) mass is 692 g/mol. The van der Waals surface area contributed by atoms with Crippen LogP contribution >= 0.6 is 0 Å². The molecule has 7 atom stereocenters. The number of carbonyl (C=O) groups excluding carboxylic acids is 2. The Hall–Kier alpha value is -3.26. The van der Waals surface area contributed by atoms with Gasteiger partial charge in [0.05, 0.1) is 55.8 Å². The number of carbonyl (C=O) groups is 3. The fraction of sp³-hybridized carbons (Fsp3) is 0.722. The number of aryl methyl sites for hydroxylation is 1. The van der Waals surface area contributed by atoms with Crippen molar-refractivity contribution < 1.29 is 52.7 Å². The van der Waals surface area contributed by atoms with Crippen LogP contribution in [-0.4, -0.2) is 96.7 Å². The van der Waals surface area contributed by atoms with E-state index in [9.17, 15) is 24.6 Å². The number of aliphatic carboxylic acids is 1. The molecule has 3 rings (SSSR count). The summed E-state index contributed by atoms with van der Waals surface area (Å²) >= 11 is 0. The zero-order chi connectivity index (χ0) is 35.4. The highest BCUT2D eigenvalue weighted by Crippen LogP contribution is 2.31. The Morgan fingerprint density at radius 1 is 1.04 bits per heavy atom. The van der Waals surface area contributed by atoms with Crippen LogP contribution in [0.3, 0.4) is 0 Å². The normalized spacial score (nSPS) is 24.1. The molecule has 2 saturated heterocycles. The van der Waals surface area contributed by atoms with Gasteiger partial charge < -0.3 is 43.6 Å². The molecule has 3 N–H and O–H groups in total. The molecule has 1 amide bonds. The number of nitrogens with one attached hydrogen (secondary N) is 1. The highest BCUT2D eigenvalue weighted by atomic mass is 16.6. The van der Waals surface area contributed by atoms with Gasteiger partial charge in [0.15, 0.2) is 0 Å². The van der Waals surface area contributed by atoms with E-state index < -0.39 is 30.2 Å². The average molecular weight is 693 g/mol. The van der Waals surface area contributed by atoms with Crippen LogP contribution in [-0.2, 0) is 39.7 Å². The molecule has 1 aromatic heterocycles. The second-order valence-electron chi connectivity index (χ2n) is 12.9. The summed E-state index contributed by atoms with van der Waals surface area (Å²) in [7, 11) is 2.95. The van der Waals surface area contributed by atoms with Crippen molar-refractivity contribution in [2.75, 3.05) is 20.8 Å². The molecule has 13 nitrogen and oxygen atoms in total. The predicted octanol–water partition coefficient (Wildman–Crippen LogP) is 5.53. The van der Waals surface area contributed by atoms with Crippen molar-refractivity contribution in [3.63, 3.8) is 0 Å². The van der Waals surface area contributed by atoms with Gasteiger partial charge in [-0.3, -0.25) is 4.79 Å². The van der Waals surface area contributed by atoms with Crippen LogP contribution in [0.4, 0.5) is 4.79 Å². The van der Waals surface area contributed by atoms with Crippen LogP contribution in [0.15, 0.2) is 28.9 Å². The molecule has 13 heteroatoms. The number of carboxylic acids is 1. The summed E-state index contributed by atoms with van der Waals surface area (Å²) in [6, 6.07) is 0. The maximum absolute atomic E-state index is 12.7. The number of nitrogens with zero attached hydrogens (tertiary/aromatic N) is 1. The number of amides is 1. The van der Waals surface area contributed by atoms with Crippen LogP contribution in [0.25, 0.3) is 6.08 Å². The lowest BCUT2D eigenvalue weighted by atomic mass is 9.92. The van der Waals surface area contributed by atoms with Gasteiger partial charge in [0.25, 0.3) is 0 Å². The number of hydrogen-bond donors (Lipinski definition) is 3. The van der Waals surface area contributed by atoms with E-state index in [2.05, 4.69) is 22.0 Å². The minimum Gasteiger partial charge on any atom is -0.481 e. The van der Waals surface area contributed by atoms with Crippen LogP contribution < -0.4 is 5.32 Å². The Kier molecular flexibility index (Phi) is 18.4. The maximum atomic E-state index is 12.7. The van der Waals surface area contributed by atoms with Gasteiger partial charge in [0, 0.05) is 32.6 Å². The number of methoxy groups -OCH3 is 2. The van der Waals surface area contributed by atoms with E-state index in [1.807, 2.05) is 0 Å². The molecule has 276 valence electrons. The number of carboxylic acid groups (broad SMARTS) is 1. The zero-order valence-corrected chi connectivity index (χ0v) is 29.3. The fourth-order valence-corrected chi connectivity index (χ4v) is 6.40. The summed E-state index contributed by atoms with van der Waals surface area (Å²) in [5, 5.41) is 22.4. The Labute approximate surface area is 289 Å². The number of aliphatic hydroxyl groups is 1. The first-order valence-electron chi connectivity index (χ1n) is 17.7. The molecule has 1 aromatic rings. The molecule has 0 bridgehead atoms. The Bertz CT molecular complexity index is 1190. The van der Waals surface area contributed by atoms with Gasteiger partial charge >= 0.3 is 18.0 Å². The molecule has 0 radical (unpaired) electrons. The van der Waals surface area contributed by atoms with E-state index in [0.29, 0.717) is 56.5 Å². The summed E-state index contributed by atoms with van der Waals surface area (Å²) in [4.78, 5) is 39.7. The minimum atomic E-state index is -0.971. The van der Waals surface area contributed by atoms with E-state index in [-0.39, 0.29) is 43.5 Å². The summed E-state index contributed by atoms with van der Waals surface area (Å²) < 4.78 is 34.0. The molecular weight excluding hydrogens is 636 g/mol. The molecule has 49 heavy (non-hydrogen) atoms. The average Bonchev–Trinajstić information content (AvgIpc) is 3.52. The SMILES string of the molecule is CCCCC[C@H](O)C[C@@H]1CCC[C@@H](C[C@H](C[C@@H]2C[C@@H](OC(=O)/C=C\CCc3coc(/C=C\CNC(=O)OC)n3)C[C@H](CC(=O)O)O2)OC)O1. The number of aliphatic hydroxyl groups excluding tert-OH is 1. The van der Waals surface area contributed by atoms with Gasteiger partial charge in [-0.15, -0.1) is 0 Å². The van der Waals surface area contributed by atoms with Gasteiger partial charge in [-0.2, -0.15) is 0 Å². The van der Waals surface area contributed by atoms with E-state index in [4.69, 9.17) is 23.4 Å². The number of hydrogen-bond acceptors (Lipinski definition) is 11. The van der Waals surface area contributed by atoms with Gasteiger partial charge in [-0.05, 0) is 63.9 Å². The molecular formula is C36H56N2O11. The standard InChI is InChI=1S/C36H56N2O11/c1-4-5-6-12-26(39)18-27-13-9-14-28(47-27)19-29(44-2)20-30-21-31(22-32(48-30)23-34(40)41)49-35(42)16-8-7-11-25-24-46-33(38-25)15-10-17-37-36(43)45-3/h8,10,15-16,24,26-32,39H,4-7,9,11-14,17-23H2,1-3H3,(H,37,43)(H,40,41)/b15-10-,16-8-/t26-,27-,28-,29+,30+,31+,32+/m0/s1. The summed E-state index contributed by atoms with van der Waals surface area (Å²) in [5.41, 5.74) is 0.712. The van der Waals surface area contributed by atoms with E-state index in [0.717, 1.165) is 44.9 Å². The number of alkyl carbamates (subject to hydrolysis) is 1. The summed E-state index contributed by atoms with van der Waals surface area (Å²) in [6.45, 7) is 2.43. The van der Waals surface area contributed by atoms with E-state index in [1.165, 1.54) is 19.4 Å². The lowest BCUT2D eigenvalue weighted by molar-refractivity contribution is -0.164. The van der Waals surface area contributed by atoms with Crippen molar-refractivity contribution in [1.82, 2.24) is 10.3 Å². The number of unbranched alkanes of at least 4 members (excludes halogenated alkanes) is 2. The van der Waals surface area contributed by atoms with Crippen molar-refractivity contribution in [1.29, 1.82) is 0 Å². The third kappa shape index (κ3) is 16.3. The smallest absolute Gasteiger partial charge is 0.407 e. The highest BCUT2D eigenvalue weighted by molar-refractivity contribution is 5.82. The second-order valence-corrected chi connectivity index (χ2v) is 12.9. The maximum Gasteiger partial charge on any atom is 0.407 e. The summed E-state index contributed by atoms with van der Waals surface area (Å²) in [5.74, 6) is -1.07. The van der Waals surface area contributed by atoms with Crippen LogP contribution in [0.1, 0.15) is 108 Å². The van der Waals surface area contributed by atoms with Crippen molar-refractivity contribution in [2.45, 2.75) is 146 Å². The molecule has 0 unspecified atom stereocenters. The Balaban J connectivity index is 1.45. The first-order valence-corrected chi connectivity index (χ1v) is 17.7. The summed E-state index contributed by atoms with van der Waals surface area (Å²) in [6.07, 6.45) is 16.0. The van der Waals surface area contributed by atoms with Gasteiger partial charge in [-0.25, -0.2) is 14.6 Å². The van der Waals surface area contributed by atoms with E-state index in [1.54, 1.807) is 25.3 Å². The molecule has 2 aliphatic rings. The quantitative estimate of drug-likeness (QED) is 0.0836. The molecule has 0 spiro atoms. The van der Waals surface area contributed by atoms with Crippen LogP contribution in [0.5, 0.6) is 0 Å². The minimum absolute atomic E-state index is 0.0133. The van der Waals surface area contributed by atoms with Crippen molar-refractivity contribution in [2.24, 2.45) is 0 Å². The second kappa shape index (κ2) is 22.5. The predicted molar refractivity (Wildman–Crippen MR) is 181 cm³/mol. The molecule has 0 aliphatic carbocycles. The fourth-order valence-electron chi connectivity index (χ4n) is 6.40. The third-order valence-corrected chi connectivity index (χ3v) is 8.82. The molecule has 2 aliphatic heterocycles. The molecule has 0 saturated carbocycles. The topological polar surface area (TPSA) is 176 Å². The van der Waals surface area contributed by atoms with Crippen LogP contribution in [0, 0.1) is 0 Å². The third-order valence-electron chi connectivity index (χ3n) is 8.82. The lowest BCUT2D eigenvalue weighted by Gasteiger charge is -2.37. The van der Waals surface area contributed by atoms with Gasteiger partial charge in [0.2, 0.25) is 5.89 Å². The van der Waals surface area contributed by atoms with E-state index >= 15 is 0 Å². The highest BCUT2D eigenvalue weighted by Gasteiger charge is 2.35. The van der Waals surface area contributed by atoms with Crippen molar-refractivity contribution >= 4 is 24.1 Å². The Morgan fingerprint density at radius 3 is 2.51 bits per heavy atom. The lowest BCUT2D eigenvalue weighted by Crippen LogP contribution is -2.41. The first-order chi connectivity index (χ1) is 23.7. The number of aromatic nitrogens is 1. The molecule has 0 aromatic carbocycles. The van der Waals surface area contributed by atoms with Gasteiger partial charge in [0.1, 0.15) is 12.4 Å². The van der Waals surface area contributed by atoms with Crippen LogP contribution in [0.2, 0.25) is 0 Å². The Morgan fingerprint density at radius 2 is 1.78 bits per heavy atom. The number of allylic oxidation sites excluding steroid dienone is 1.